The van der Waals surface area contributed by atoms with Crippen LogP contribution in [0.3, 0.4) is 0 Å². The van der Waals surface area contributed by atoms with E-state index in [-0.39, 0.29) is 6.04 Å². The van der Waals surface area contributed by atoms with E-state index in [0.717, 1.165) is 75.3 Å². The average Bonchev–Trinajstić information content (AvgIpc) is 2.91. The van der Waals surface area contributed by atoms with Gasteiger partial charge in [-0.05, 0) is 59.4 Å². The lowest BCUT2D eigenvalue weighted by Gasteiger charge is -2.41. The molecule has 2 aliphatic rings. The van der Waals surface area contributed by atoms with Crippen LogP contribution in [-0.2, 0) is 6.61 Å². The number of nitrogens with zero attached hydrogens (tertiary/aromatic N) is 1. The van der Waals surface area contributed by atoms with Crippen LogP contribution in [0.15, 0.2) is 60.7 Å². The molecule has 5 rings (SSSR count). The van der Waals surface area contributed by atoms with Crippen LogP contribution in [0.1, 0.15) is 55.7 Å². The molecule has 5 heteroatoms. The van der Waals surface area contributed by atoms with Crippen molar-refractivity contribution in [3.05, 3.63) is 71.8 Å². The van der Waals surface area contributed by atoms with Crippen LogP contribution in [-0.4, -0.2) is 48.9 Å². The number of nitrogens with one attached hydrogen (secondary N) is 1. The topological polar surface area (TPSA) is 54.0 Å². The van der Waals surface area contributed by atoms with Crippen molar-refractivity contribution in [3.8, 4) is 11.5 Å². The quantitative estimate of drug-likeness (QED) is 0.454. The zero-order chi connectivity index (χ0) is 24.1. The van der Waals surface area contributed by atoms with Gasteiger partial charge in [-0.15, -0.1) is 0 Å². The van der Waals surface area contributed by atoms with Gasteiger partial charge in [0.1, 0.15) is 6.61 Å². The summed E-state index contributed by atoms with van der Waals surface area (Å²) >= 11 is 0. The third kappa shape index (κ3) is 5.80. The van der Waals surface area contributed by atoms with Crippen molar-refractivity contribution >= 4 is 10.8 Å². The molecule has 5 nitrogen and oxygen atoms in total. The number of rotatable bonds is 8. The summed E-state index contributed by atoms with van der Waals surface area (Å²) in [7, 11) is 1.70. The van der Waals surface area contributed by atoms with Crippen molar-refractivity contribution in [2.75, 3.05) is 33.3 Å². The first kappa shape index (κ1) is 24.1. The lowest BCUT2D eigenvalue weighted by atomic mass is 9.78. The molecule has 2 fully saturated rings. The van der Waals surface area contributed by atoms with Gasteiger partial charge in [-0.25, -0.2) is 0 Å². The average molecular weight is 475 g/mol. The van der Waals surface area contributed by atoms with Gasteiger partial charge in [0, 0.05) is 32.2 Å². The fourth-order valence-electron chi connectivity index (χ4n) is 5.73. The van der Waals surface area contributed by atoms with Gasteiger partial charge in [0.2, 0.25) is 0 Å². The van der Waals surface area contributed by atoms with Gasteiger partial charge in [0.05, 0.1) is 12.7 Å². The molecule has 3 aromatic carbocycles. The van der Waals surface area contributed by atoms with Crippen LogP contribution in [0.4, 0.5) is 0 Å². The van der Waals surface area contributed by atoms with Crippen LogP contribution in [0.25, 0.3) is 10.8 Å². The third-order valence-electron chi connectivity index (χ3n) is 7.73. The first-order valence-electron chi connectivity index (χ1n) is 13.1. The summed E-state index contributed by atoms with van der Waals surface area (Å²) in [6, 6.07) is 21.3. The Morgan fingerprint density at radius 2 is 1.69 bits per heavy atom. The highest BCUT2D eigenvalue weighted by atomic mass is 16.5. The van der Waals surface area contributed by atoms with Crippen molar-refractivity contribution in [1.82, 2.24) is 10.2 Å². The standard InChI is InChI=1S/C30H38N2O3/c1-34-29-20-26(27(32-17-15-31-16-18-32)21-30(33)13-5-2-6-14-30)11-12-28(29)35-22-23-9-10-24-7-3-4-8-25(24)19-23/h3-4,7-12,19-20,27,31,33H,2,5-6,13-18,21-22H2,1H3. The normalized spacial score (nSPS) is 19.4. The molecule has 0 amide bonds. The second-order valence-electron chi connectivity index (χ2n) is 10.2. The van der Waals surface area contributed by atoms with E-state index in [2.05, 4.69) is 64.8 Å². The van der Waals surface area contributed by atoms with Gasteiger partial charge in [0.15, 0.2) is 11.5 Å². The number of ether oxygens (including phenoxy) is 2. The molecule has 1 atom stereocenters. The van der Waals surface area contributed by atoms with Gasteiger partial charge in [-0.2, -0.15) is 0 Å². The molecule has 2 N–H and O–H groups in total. The largest absolute Gasteiger partial charge is 0.493 e. The minimum absolute atomic E-state index is 0.170. The molecule has 0 aromatic heterocycles. The molecule has 0 bridgehead atoms. The Labute approximate surface area is 209 Å². The van der Waals surface area contributed by atoms with Crippen molar-refractivity contribution in [3.63, 3.8) is 0 Å². The Kier molecular flexibility index (Phi) is 7.57. The minimum Gasteiger partial charge on any atom is -0.493 e. The molecule has 0 radical (unpaired) electrons. The number of methoxy groups -OCH3 is 1. The second kappa shape index (κ2) is 11.0. The maximum atomic E-state index is 11.4. The van der Waals surface area contributed by atoms with Crippen molar-refractivity contribution in [1.29, 1.82) is 0 Å². The molecule has 3 aromatic rings. The minimum atomic E-state index is -0.577. The Hall–Kier alpha value is -2.60. The molecule has 0 spiro atoms. The summed E-state index contributed by atoms with van der Waals surface area (Å²) in [6.45, 7) is 4.44. The van der Waals surface area contributed by atoms with Crippen molar-refractivity contribution < 1.29 is 14.6 Å². The fraction of sp³-hybridized carbons (Fsp3) is 0.467. The van der Waals surface area contributed by atoms with E-state index >= 15 is 0 Å². The maximum Gasteiger partial charge on any atom is 0.161 e. The summed E-state index contributed by atoms with van der Waals surface area (Å²) in [4.78, 5) is 2.52. The summed E-state index contributed by atoms with van der Waals surface area (Å²) < 4.78 is 12.0. The van der Waals surface area contributed by atoms with Gasteiger partial charge in [0.25, 0.3) is 0 Å². The lowest BCUT2D eigenvalue weighted by Crippen LogP contribution is -2.47. The highest BCUT2D eigenvalue weighted by Crippen LogP contribution is 2.40. The third-order valence-corrected chi connectivity index (χ3v) is 7.73. The summed E-state index contributed by atoms with van der Waals surface area (Å²) in [6.07, 6.45) is 6.05. The molecule has 186 valence electrons. The fourth-order valence-corrected chi connectivity index (χ4v) is 5.73. The number of hydrogen-bond acceptors (Lipinski definition) is 5. The van der Waals surface area contributed by atoms with E-state index in [1.807, 2.05) is 6.07 Å². The maximum absolute atomic E-state index is 11.4. The Morgan fingerprint density at radius 3 is 2.46 bits per heavy atom. The van der Waals surface area contributed by atoms with Crippen LogP contribution < -0.4 is 14.8 Å². The van der Waals surface area contributed by atoms with E-state index in [1.54, 1.807) is 7.11 Å². The van der Waals surface area contributed by atoms with Gasteiger partial charge >= 0.3 is 0 Å². The number of piperazine rings is 1. The number of hydrogen-bond donors (Lipinski definition) is 2. The van der Waals surface area contributed by atoms with E-state index in [1.165, 1.54) is 22.8 Å². The van der Waals surface area contributed by atoms with Crippen LogP contribution in [0.5, 0.6) is 11.5 Å². The Bertz CT molecular complexity index is 1120. The zero-order valence-electron chi connectivity index (χ0n) is 20.8. The molecule has 1 saturated heterocycles. The smallest absolute Gasteiger partial charge is 0.161 e. The van der Waals surface area contributed by atoms with E-state index < -0.39 is 5.60 Å². The van der Waals surface area contributed by atoms with Gasteiger partial charge in [-0.3, -0.25) is 4.90 Å². The number of fused-ring (bicyclic) bond motifs is 1. The summed E-state index contributed by atoms with van der Waals surface area (Å²) in [5.41, 5.74) is 1.75. The predicted octanol–water partition coefficient (Wildman–Crippen LogP) is 5.46. The van der Waals surface area contributed by atoms with Crippen LogP contribution in [0, 0.1) is 0 Å². The lowest BCUT2D eigenvalue weighted by molar-refractivity contribution is -0.0296. The molecular weight excluding hydrogens is 436 g/mol. The first-order chi connectivity index (χ1) is 17.1. The van der Waals surface area contributed by atoms with Crippen LogP contribution >= 0.6 is 0 Å². The summed E-state index contributed by atoms with van der Waals surface area (Å²) in [5.74, 6) is 1.50. The molecule has 1 aliphatic carbocycles. The highest BCUT2D eigenvalue weighted by molar-refractivity contribution is 5.82. The van der Waals surface area contributed by atoms with Crippen LogP contribution in [0.2, 0.25) is 0 Å². The van der Waals surface area contributed by atoms with E-state index in [9.17, 15) is 5.11 Å². The summed E-state index contributed by atoms with van der Waals surface area (Å²) in [5, 5.41) is 17.3. The van der Waals surface area contributed by atoms with Crippen molar-refractivity contribution in [2.45, 2.75) is 56.8 Å². The predicted molar refractivity (Wildman–Crippen MR) is 141 cm³/mol. The molecule has 1 unspecified atom stereocenters. The van der Waals surface area contributed by atoms with E-state index in [0.29, 0.717) is 6.61 Å². The zero-order valence-corrected chi connectivity index (χ0v) is 20.8. The van der Waals surface area contributed by atoms with Gasteiger partial charge < -0.3 is 19.9 Å². The molecule has 1 aliphatic heterocycles. The molecule has 35 heavy (non-hydrogen) atoms. The SMILES string of the molecule is COc1cc(C(CC2(O)CCCCC2)N2CCNCC2)ccc1OCc1ccc2ccccc2c1. The number of benzene rings is 3. The number of aliphatic hydroxyl groups is 1. The highest BCUT2D eigenvalue weighted by Gasteiger charge is 2.35. The monoisotopic (exact) mass is 474 g/mol. The molecule has 1 saturated carbocycles. The molecular formula is C30H38N2O3. The van der Waals surface area contributed by atoms with E-state index in [4.69, 9.17) is 9.47 Å². The Morgan fingerprint density at radius 1 is 0.914 bits per heavy atom. The van der Waals surface area contributed by atoms with Gasteiger partial charge in [-0.1, -0.05) is 61.7 Å². The Balaban J connectivity index is 1.35. The van der Waals surface area contributed by atoms with Crippen molar-refractivity contribution in [2.24, 2.45) is 0 Å². The molecule has 1 heterocycles. The first-order valence-corrected chi connectivity index (χ1v) is 13.1. The second-order valence-corrected chi connectivity index (χ2v) is 10.2.